The van der Waals surface area contributed by atoms with Crippen LogP contribution < -0.4 is 5.32 Å². The van der Waals surface area contributed by atoms with Gasteiger partial charge in [0, 0.05) is 36.2 Å². The van der Waals surface area contributed by atoms with Gasteiger partial charge in [0.1, 0.15) is 0 Å². The number of ether oxygens (including phenoxy) is 1. The third-order valence-electron chi connectivity index (χ3n) is 4.25. The van der Waals surface area contributed by atoms with E-state index >= 15 is 0 Å². The van der Waals surface area contributed by atoms with Crippen molar-refractivity contribution in [2.45, 2.75) is 26.2 Å². The van der Waals surface area contributed by atoms with Crippen LogP contribution in [0.2, 0.25) is 10.0 Å². The van der Waals surface area contributed by atoms with Crippen molar-refractivity contribution in [3.05, 3.63) is 33.8 Å². The summed E-state index contributed by atoms with van der Waals surface area (Å²) >= 11 is 12.1. The first-order valence-electron chi connectivity index (χ1n) is 8.59. The lowest BCUT2D eigenvalue weighted by molar-refractivity contribution is -0.146. The number of halogens is 3. The minimum atomic E-state index is -0.112. The Morgan fingerprint density at radius 1 is 1.27 bits per heavy atom. The summed E-state index contributed by atoms with van der Waals surface area (Å²) < 4.78 is 4.84. The molecule has 1 aromatic rings. The second kappa shape index (κ2) is 11.9. The fourth-order valence-electron chi connectivity index (χ4n) is 2.97. The maximum Gasteiger partial charge on any atom is 0.308 e. The van der Waals surface area contributed by atoms with Crippen LogP contribution in [0.25, 0.3) is 0 Å². The van der Waals surface area contributed by atoms with E-state index in [1.54, 1.807) is 6.07 Å². The topological polar surface area (TPSA) is 53.9 Å². The van der Waals surface area contributed by atoms with E-state index in [2.05, 4.69) is 10.2 Å². The Balaban J connectivity index is 0.00000338. The van der Waals surface area contributed by atoms with Crippen molar-refractivity contribution in [3.63, 3.8) is 0 Å². The zero-order chi connectivity index (χ0) is 18.2. The van der Waals surface area contributed by atoms with Crippen molar-refractivity contribution >= 4 is 59.1 Å². The lowest BCUT2D eigenvalue weighted by Gasteiger charge is -2.33. The number of nitrogens with zero attached hydrogens (tertiary/aromatic N) is 2. The van der Waals surface area contributed by atoms with Gasteiger partial charge in [0.15, 0.2) is 5.96 Å². The maximum atomic E-state index is 11.6. The van der Waals surface area contributed by atoms with Crippen molar-refractivity contribution in [2.75, 3.05) is 33.3 Å². The zero-order valence-corrected chi connectivity index (χ0v) is 19.0. The molecule has 0 atom stereocenters. The quantitative estimate of drug-likeness (QED) is 0.280. The summed E-state index contributed by atoms with van der Waals surface area (Å²) in [6, 6.07) is 5.56. The molecule has 1 heterocycles. The largest absolute Gasteiger partial charge is 0.469 e. The number of aliphatic imine (C=N–C) groups is 1. The molecule has 0 unspecified atom stereocenters. The molecule has 0 aromatic heterocycles. The molecule has 146 valence electrons. The standard InChI is InChI=1S/C18H25Cl2N3O2.HI/c1-3-21-18(23-8-5-14(6-9-23)17(24)25-2)22-7-4-13-10-15(19)12-16(20)11-13;/h10-12,14H,3-9H2,1-2H3,(H,21,22);1H. The highest BCUT2D eigenvalue weighted by Gasteiger charge is 2.26. The molecule has 1 fully saturated rings. The van der Waals surface area contributed by atoms with E-state index < -0.39 is 0 Å². The molecule has 0 spiro atoms. The Morgan fingerprint density at radius 3 is 2.42 bits per heavy atom. The highest BCUT2D eigenvalue weighted by Crippen LogP contribution is 2.20. The van der Waals surface area contributed by atoms with Gasteiger partial charge in [-0.15, -0.1) is 24.0 Å². The molecule has 1 N–H and O–H groups in total. The van der Waals surface area contributed by atoms with E-state index in [4.69, 9.17) is 32.9 Å². The SMILES string of the molecule is CCNC(=NCCc1cc(Cl)cc(Cl)c1)N1CCC(C(=O)OC)CC1.I. The lowest BCUT2D eigenvalue weighted by atomic mass is 9.97. The molecule has 2 rings (SSSR count). The van der Waals surface area contributed by atoms with E-state index in [0.29, 0.717) is 16.6 Å². The first-order valence-corrected chi connectivity index (χ1v) is 9.35. The number of carbonyl (C=O) groups is 1. The van der Waals surface area contributed by atoms with E-state index in [1.165, 1.54) is 7.11 Å². The van der Waals surface area contributed by atoms with Crippen LogP contribution in [0.1, 0.15) is 25.3 Å². The molecule has 1 aromatic carbocycles. The molecule has 8 heteroatoms. The van der Waals surface area contributed by atoms with E-state index in [1.807, 2.05) is 19.1 Å². The molecule has 1 aliphatic heterocycles. The van der Waals surface area contributed by atoms with Crippen molar-refractivity contribution in [1.29, 1.82) is 0 Å². The van der Waals surface area contributed by atoms with Crippen molar-refractivity contribution < 1.29 is 9.53 Å². The Bertz CT molecular complexity index is 600. The number of rotatable bonds is 5. The van der Waals surface area contributed by atoms with Crippen LogP contribution in [0, 0.1) is 5.92 Å². The monoisotopic (exact) mass is 513 g/mol. The molecule has 0 saturated carbocycles. The summed E-state index contributed by atoms with van der Waals surface area (Å²) in [4.78, 5) is 18.6. The van der Waals surface area contributed by atoms with Gasteiger partial charge in [0.2, 0.25) is 0 Å². The normalized spacial score (nSPS) is 15.4. The number of nitrogens with one attached hydrogen (secondary N) is 1. The van der Waals surface area contributed by atoms with Crippen LogP contribution in [0.3, 0.4) is 0 Å². The van der Waals surface area contributed by atoms with Gasteiger partial charge < -0.3 is 15.0 Å². The van der Waals surface area contributed by atoms with Gasteiger partial charge in [-0.3, -0.25) is 9.79 Å². The molecular weight excluding hydrogens is 488 g/mol. The minimum absolute atomic E-state index is 0. The summed E-state index contributed by atoms with van der Waals surface area (Å²) in [5.41, 5.74) is 1.07. The molecule has 0 bridgehead atoms. The average Bonchev–Trinajstić information content (AvgIpc) is 2.59. The van der Waals surface area contributed by atoms with Gasteiger partial charge in [0.25, 0.3) is 0 Å². The van der Waals surface area contributed by atoms with Gasteiger partial charge >= 0.3 is 5.97 Å². The number of piperidine rings is 1. The Kier molecular flexibility index (Phi) is 10.6. The van der Waals surface area contributed by atoms with Gasteiger partial charge in [-0.05, 0) is 49.9 Å². The van der Waals surface area contributed by atoms with Crippen LogP contribution >= 0.6 is 47.2 Å². The second-order valence-corrected chi connectivity index (χ2v) is 6.92. The van der Waals surface area contributed by atoms with Crippen molar-refractivity contribution in [2.24, 2.45) is 10.9 Å². The van der Waals surface area contributed by atoms with Crippen LogP contribution in [-0.4, -0.2) is 50.1 Å². The highest BCUT2D eigenvalue weighted by molar-refractivity contribution is 14.0. The first-order chi connectivity index (χ1) is 12.0. The van der Waals surface area contributed by atoms with Gasteiger partial charge in [-0.2, -0.15) is 0 Å². The van der Waals surface area contributed by atoms with Gasteiger partial charge in [-0.25, -0.2) is 0 Å². The number of hydrogen-bond acceptors (Lipinski definition) is 3. The minimum Gasteiger partial charge on any atom is -0.469 e. The molecule has 1 saturated heterocycles. The smallest absolute Gasteiger partial charge is 0.308 e. The second-order valence-electron chi connectivity index (χ2n) is 6.05. The molecule has 26 heavy (non-hydrogen) atoms. The number of likely N-dealkylation sites (tertiary alicyclic amines) is 1. The highest BCUT2D eigenvalue weighted by atomic mass is 127. The molecule has 1 aliphatic rings. The Hall–Kier alpha value is -0.730. The Morgan fingerprint density at radius 2 is 1.88 bits per heavy atom. The van der Waals surface area contributed by atoms with E-state index in [-0.39, 0.29) is 35.9 Å². The summed E-state index contributed by atoms with van der Waals surface area (Å²) in [7, 11) is 1.45. The Labute approximate surface area is 182 Å². The van der Waals surface area contributed by atoms with Crippen molar-refractivity contribution in [3.8, 4) is 0 Å². The average molecular weight is 514 g/mol. The van der Waals surface area contributed by atoms with Gasteiger partial charge in [0.05, 0.1) is 13.0 Å². The molecular formula is C18H26Cl2IN3O2. The van der Waals surface area contributed by atoms with Crippen LogP contribution in [0.5, 0.6) is 0 Å². The third kappa shape index (κ3) is 7.12. The summed E-state index contributed by atoms with van der Waals surface area (Å²) in [5, 5.41) is 4.61. The molecule has 5 nitrogen and oxygen atoms in total. The summed E-state index contributed by atoms with van der Waals surface area (Å²) in [5.74, 6) is 0.774. The van der Waals surface area contributed by atoms with Crippen LogP contribution in [-0.2, 0) is 16.0 Å². The predicted octanol–water partition coefficient (Wildman–Crippen LogP) is 4.00. The van der Waals surface area contributed by atoms with Crippen LogP contribution in [0.15, 0.2) is 23.2 Å². The number of guanidine groups is 1. The summed E-state index contributed by atoms with van der Waals surface area (Å²) in [6.07, 6.45) is 2.36. The number of benzene rings is 1. The molecule has 0 aliphatic carbocycles. The predicted molar refractivity (Wildman–Crippen MR) is 118 cm³/mol. The number of carbonyl (C=O) groups excluding carboxylic acids is 1. The van der Waals surface area contributed by atoms with E-state index in [0.717, 1.165) is 50.4 Å². The first kappa shape index (κ1) is 23.3. The van der Waals surface area contributed by atoms with E-state index in [9.17, 15) is 4.79 Å². The fraction of sp³-hybridized carbons (Fsp3) is 0.556. The van der Waals surface area contributed by atoms with Crippen LogP contribution in [0.4, 0.5) is 0 Å². The number of hydrogen-bond donors (Lipinski definition) is 1. The van der Waals surface area contributed by atoms with Gasteiger partial charge in [-0.1, -0.05) is 23.2 Å². The third-order valence-corrected chi connectivity index (χ3v) is 4.68. The molecule has 0 radical (unpaired) electrons. The summed E-state index contributed by atoms with van der Waals surface area (Å²) in [6.45, 7) is 5.10. The lowest BCUT2D eigenvalue weighted by Crippen LogP contribution is -2.46. The fourth-order valence-corrected chi connectivity index (χ4v) is 3.54. The number of esters is 1. The zero-order valence-electron chi connectivity index (χ0n) is 15.1. The number of methoxy groups -OCH3 is 1. The molecule has 0 amide bonds. The van der Waals surface area contributed by atoms with Crippen molar-refractivity contribution in [1.82, 2.24) is 10.2 Å². The maximum absolute atomic E-state index is 11.6.